The smallest absolute Gasteiger partial charge is 0.311 e. The highest BCUT2D eigenvalue weighted by molar-refractivity contribution is 5.59. The van der Waals surface area contributed by atoms with Crippen molar-refractivity contribution in [2.75, 3.05) is 25.1 Å². The highest BCUT2D eigenvalue weighted by atomic mass is 16.6. The number of aryl methyl sites for hydroxylation is 1. The fraction of sp³-hybridized carbons (Fsp3) is 0.467. The van der Waals surface area contributed by atoms with Crippen LogP contribution in [0.1, 0.15) is 12.0 Å². The van der Waals surface area contributed by atoms with Crippen molar-refractivity contribution in [3.8, 4) is 5.88 Å². The highest BCUT2D eigenvalue weighted by Crippen LogP contribution is 2.33. The van der Waals surface area contributed by atoms with Gasteiger partial charge in [0.2, 0.25) is 11.7 Å². The van der Waals surface area contributed by atoms with Crippen LogP contribution < -0.4 is 9.64 Å². The van der Waals surface area contributed by atoms with Crippen LogP contribution in [0.2, 0.25) is 0 Å². The fourth-order valence-corrected chi connectivity index (χ4v) is 3.01. The number of nitrogens with zero attached hydrogens (tertiary/aromatic N) is 5. The van der Waals surface area contributed by atoms with E-state index in [1.54, 1.807) is 4.68 Å². The minimum Gasteiger partial charge on any atom is -0.481 e. The van der Waals surface area contributed by atoms with Gasteiger partial charge < -0.3 is 9.64 Å². The number of methoxy groups -OCH3 is 1. The van der Waals surface area contributed by atoms with E-state index in [-0.39, 0.29) is 5.69 Å². The molecule has 0 unspecified atom stereocenters. The van der Waals surface area contributed by atoms with Gasteiger partial charge in [-0.15, -0.1) is 0 Å². The third-order valence-corrected chi connectivity index (χ3v) is 4.10. The average Bonchev–Trinajstić information content (AvgIpc) is 3.16. The molecular formula is C15H19N5O3. The summed E-state index contributed by atoms with van der Waals surface area (Å²) in [6.07, 6.45) is 5.77. The van der Waals surface area contributed by atoms with Crippen molar-refractivity contribution in [3.63, 3.8) is 0 Å². The maximum absolute atomic E-state index is 11.2. The zero-order valence-corrected chi connectivity index (χ0v) is 13.2. The molecule has 8 heteroatoms. The number of aromatic nitrogens is 3. The van der Waals surface area contributed by atoms with Crippen LogP contribution >= 0.6 is 0 Å². The molecule has 122 valence electrons. The normalized spacial score (nSPS) is 17.5. The topological polar surface area (TPSA) is 86.3 Å². The van der Waals surface area contributed by atoms with Crippen LogP contribution in [0.15, 0.2) is 24.5 Å². The monoisotopic (exact) mass is 317 g/mol. The molecule has 0 radical (unpaired) electrons. The van der Waals surface area contributed by atoms with E-state index in [1.165, 1.54) is 24.8 Å². The molecule has 0 bridgehead atoms. The molecule has 0 aliphatic carbocycles. The molecule has 0 aromatic carbocycles. The average molecular weight is 317 g/mol. The number of ether oxygens (including phenoxy) is 1. The summed E-state index contributed by atoms with van der Waals surface area (Å²) >= 11 is 0. The fourth-order valence-electron chi connectivity index (χ4n) is 3.01. The molecule has 1 aliphatic rings. The predicted octanol–water partition coefficient (Wildman–Crippen LogP) is 1.80. The molecule has 0 N–H and O–H groups in total. The Balaban J connectivity index is 1.76. The Morgan fingerprint density at radius 3 is 2.96 bits per heavy atom. The van der Waals surface area contributed by atoms with Crippen molar-refractivity contribution in [3.05, 3.63) is 40.2 Å². The number of hydrogen-bond acceptors (Lipinski definition) is 6. The van der Waals surface area contributed by atoms with E-state index in [2.05, 4.69) is 10.1 Å². The number of anilines is 1. The lowest BCUT2D eigenvalue weighted by atomic mass is 10.0. The van der Waals surface area contributed by atoms with Crippen LogP contribution in [0.25, 0.3) is 0 Å². The van der Waals surface area contributed by atoms with Gasteiger partial charge in [0.15, 0.2) is 0 Å². The quantitative estimate of drug-likeness (QED) is 0.617. The van der Waals surface area contributed by atoms with Crippen molar-refractivity contribution >= 4 is 11.5 Å². The van der Waals surface area contributed by atoms with E-state index in [0.29, 0.717) is 17.6 Å². The molecule has 1 atom stereocenters. The van der Waals surface area contributed by atoms with Crippen LogP contribution in [-0.2, 0) is 13.5 Å². The van der Waals surface area contributed by atoms with Gasteiger partial charge >= 0.3 is 5.69 Å². The maximum Gasteiger partial charge on any atom is 0.311 e. The third-order valence-electron chi connectivity index (χ3n) is 4.10. The first-order valence-electron chi connectivity index (χ1n) is 7.48. The second-order valence-corrected chi connectivity index (χ2v) is 5.78. The maximum atomic E-state index is 11.2. The van der Waals surface area contributed by atoms with Crippen LogP contribution in [0, 0.1) is 16.0 Å². The largest absolute Gasteiger partial charge is 0.481 e. The van der Waals surface area contributed by atoms with Gasteiger partial charge in [0.25, 0.3) is 0 Å². The van der Waals surface area contributed by atoms with E-state index in [0.717, 1.165) is 25.9 Å². The van der Waals surface area contributed by atoms with Gasteiger partial charge in [-0.05, 0) is 24.3 Å². The van der Waals surface area contributed by atoms with Crippen molar-refractivity contribution in [2.24, 2.45) is 13.0 Å². The lowest BCUT2D eigenvalue weighted by Crippen LogP contribution is -2.22. The first-order chi connectivity index (χ1) is 11.1. The predicted molar refractivity (Wildman–Crippen MR) is 84.7 cm³/mol. The van der Waals surface area contributed by atoms with E-state index >= 15 is 0 Å². The molecule has 1 fully saturated rings. The van der Waals surface area contributed by atoms with Gasteiger partial charge in [-0.1, -0.05) is 0 Å². The molecule has 23 heavy (non-hydrogen) atoms. The van der Waals surface area contributed by atoms with E-state index in [9.17, 15) is 10.1 Å². The zero-order valence-electron chi connectivity index (χ0n) is 13.2. The molecule has 2 aromatic heterocycles. The van der Waals surface area contributed by atoms with Crippen molar-refractivity contribution in [2.45, 2.75) is 12.8 Å². The Morgan fingerprint density at radius 1 is 1.48 bits per heavy atom. The second-order valence-electron chi connectivity index (χ2n) is 5.78. The van der Waals surface area contributed by atoms with Crippen molar-refractivity contribution in [1.82, 2.24) is 14.8 Å². The van der Waals surface area contributed by atoms with Crippen LogP contribution in [0.5, 0.6) is 5.88 Å². The Hall–Kier alpha value is -2.64. The number of hydrogen-bond donors (Lipinski definition) is 0. The second kappa shape index (κ2) is 6.23. The summed E-state index contributed by atoms with van der Waals surface area (Å²) in [5.41, 5.74) is 1.21. The van der Waals surface area contributed by atoms with Gasteiger partial charge in [-0.25, -0.2) is 0 Å². The molecule has 1 saturated heterocycles. The van der Waals surface area contributed by atoms with E-state index in [1.807, 2.05) is 24.3 Å². The zero-order chi connectivity index (χ0) is 16.4. The molecule has 3 heterocycles. The highest BCUT2D eigenvalue weighted by Gasteiger charge is 2.29. The van der Waals surface area contributed by atoms with Crippen LogP contribution in [-0.4, -0.2) is 39.9 Å². The van der Waals surface area contributed by atoms with Gasteiger partial charge in [-0.2, -0.15) is 10.1 Å². The summed E-state index contributed by atoms with van der Waals surface area (Å²) in [7, 11) is 3.40. The molecule has 2 aromatic rings. The Kier molecular flexibility index (Phi) is 4.14. The summed E-state index contributed by atoms with van der Waals surface area (Å²) in [5, 5.41) is 15.4. The van der Waals surface area contributed by atoms with Crippen LogP contribution in [0.3, 0.4) is 0 Å². The summed E-state index contributed by atoms with van der Waals surface area (Å²) in [4.78, 5) is 17.1. The summed E-state index contributed by atoms with van der Waals surface area (Å²) < 4.78 is 6.89. The summed E-state index contributed by atoms with van der Waals surface area (Å²) in [6.45, 7) is 1.50. The molecule has 0 saturated carbocycles. The van der Waals surface area contributed by atoms with Crippen molar-refractivity contribution < 1.29 is 9.66 Å². The number of rotatable bonds is 5. The van der Waals surface area contributed by atoms with E-state index in [4.69, 9.17) is 4.74 Å². The Bertz CT molecular complexity index is 715. The Morgan fingerprint density at radius 2 is 2.30 bits per heavy atom. The minimum atomic E-state index is -0.393. The van der Waals surface area contributed by atoms with Crippen molar-refractivity contribution in [1.29, 1.82) is 0 Å². The summed E-state index contributed by atoms with van der Waals surface area (Å²) in [5.74, 6) is 1.22. The first kappa shape index (κ1) is 15.3. The number of pyridine rings is 1. The van der Waals surface area contributed by atoms with Gasteiger partial charge in [-0.3, -0.25) is 14.8 Å². The standard InChI is InChI=1S/C15H19N5O3/c1-18-9-12(8-16-18)7-11-5-6-19(10-11)15-13(20(21)22)3-4-14(17-15)23-2/h3-4,8-9,11H,5-7,10H2,1-2H3/t11-/m0/s1. The van der Waals surface area contributed by atoms with E-state index < -0.39 is 4.92 Å². The Labute approximate surface area is 133 Å². The summed E-state index contributed by atoms with van der Waals surface area (Å²) in [6, 6.07) is 2.97. The van der Waals surface area contributed by atoms with Gasteiger partial charge in [0.05, 0.1) is 18.2 Å². The SMILES string of the molecule is COc1ccc([N+](=O)[O-])c(N2CC[C@@H](Cc3cnn(C)c3)C2)n1. The van der Waals surface area contributed by atoms with Gasteiger partial charge in [0, 0.05) is 38.5 Å². The van der Waals surface area contributed by atoms with Gasteiger partial charge in [0.1, 0.15) is 0 Å². The number of nitro groups is 1. The minimum absolute atomic E-state index is 0.0211. The van der Waals surface area contributed by atoms with Crippen LogP contribution in [0.4, 0.5) is 11.5 Å². The molecule has 0 spiro atoms. The molecule has 0 amide bonds. The lowest BCUT2D eigenvalue weighted by molar-refractivity contribution is -0.384. The molecular weight excluding hydrogens is 298 g/mol. The first-order valence-corrected chi connectivity index (χ1v) is 7.48. The third kappa shape index (κ3) is 3.25. The molecule has 3 rings (SSSR count). The molecule has 8 nitrogen and oxygen atoms in total. The lowest BCUT2D eigenvalue weighted by Gasteiger charge is -2.17. The molecule has 1 aliphatic heterocycles.